The fraction of sp³-hybridized carbons (Fsp3) is 0.641. The summed E-state index contributed by atoms with van der Waals surface area (Å²) in [6.07, 6.45) is 1.46. The van der Waals surface area contributed by atoms with E-state index >= 15 is 0 Å². The minimum absolute atomic E-state index is 0.342. The number of aryl methyl sites for hydroxylation is 1. The van der Waals surface area contributed by atoms with Gasteiger partial charge in [0.25, 0.3) is 0 Å². The Morgan fingerprint density at radius 1 is 0.787 bits per heavy atom. The highest BCUT2D eigenvalue weighted by atomic mass is 32.2. The molecule has 47 heavy (non-hydrogen) atoms. The first-order chi connectivity index (χ1) is 21.9. The third-order valence-corrected chi connectivity index (χ3v) is 26.5. The molecule has 0 radical (unpaired) electrons. The number of fused-ring (bicyclic) bond motifs is 2. The van der Waals surface area contributed by atoms with Crippen molar-refractivity contribution in [3.63, 3.8) is 0 Å². The molecule has 0 unspecified atom stereocenters. The van der Waals surface area contributed by atoms with Gasteiger partial charge in [-0.05, 0) is 68.6 Å². The number of benzene rings is 2. The topological polar surface area (TPSA) is 55.8 Å². The van der Waals surface area contributed by atoms with Gasteiger partial charge in [0.15, 0.2) is 8.32 Å². The van der Waals surface area contributed by atoms with Crippen molar-refractivity contribution in [3.05, 3.63) is 52.1 Å². The molecule has 8 heteroatoms. The predicted octanol–water partition coefficient (Wildman–Crippen LogP) is 9.45. The van der Waals surface area contributed by atoms with E-state index in [9.17, 15) is 8.42 Å². The van der Waals surface area contributed by atoms with Crippen LogP contribution in [0, 0.1) is 18.8 Å². The molecule has 2 aromatic rings. The molecule has 0 bridgehead atoms. The van der Waals surface area contributed by atoms with E-state index in [4.69, 9.17) is 9.16 Å². The van der Waals surface area contributed by atoms with Crippen LogP contribution in [0.3, 0.4) is 0 Å². The molecule has 2 heterocycles. The zero-order valence-corrected chi connectivity index (χ0v) is 34.3. The van der Waals surface area contributed by atoms with E-state index in [2.05, 4.69) is 94.9 Å². The Bertz CT molecular complexity index is 1550. The Hall–Kier alpha value is -1.90. The molecule has 0 atom stereocenters. The molecule has 0 fully saturated rings. The molecule has 5 nitrogen and oxygen atoms in total. The average Bonchev–Trinajstić information content (AvgIpc) is 3.63. The molecule has 4 rings (SSSR count). The van der Waals surface area contributed by atoms with Crippen LogP contribution in [-0.2, 0) is 34.0 Å². The second kappa shape index (κ2) is 14.5. The molecular weight excluding hydrogens is 635 g/mol. The number of rotatable bonds is 12. The van der Waals surface area contributed by atoms with E-state index in [1.807, 2.05) is 19.1 Å². The third kappa shape index (κ3) is 6.57. The van der Waals surface area contributed by atoms with Gasteiger partial charge in [-0.1, -0.05) is 113 Å². The number of nitrogens with zero attached hydrogens (tertiary/aromatic N) is 1. The first kappa shape index (κ1) is 37.9. The Kier molecular flexibility index (Phi) is 11.7. The van der Waals surface area contributed by atoms with Gasteiger partial charge in [0.05, 0.1) is 19.6 Å². The van der Waals surface area contributed by atoms with Crippen LogP contribution in [-0.4, -0.2) is 42.3 Å². The van der Waals surface area contributed by atoms with Crippen molar-refractivity contribution in [1.29, 1.82) is 0 Å². The molecule has 260 valence electrons. The number of hydrogen-bond donors (Lipinski definition) is 0. The van der Waals surface area contributed by atoms with Crippen molar-refractivity contribution in [2.75, 3.05) is 13.2 Å². The van der Waals surface area contributed by atoms with Crippen molar-refractivity contribution in [2.24, 2.45) is 0 Å². The summed E-state index contributed by atoms with van der Waals surface area (Å²) in [6.45, 7) is 32.1. The molecule has 0 saturated heterocycles. The van der Waals surface area contributed by atoms with Crippen molar-refractivity contribution < 1.29 is 17.6 Å². The second-order valence-electron chi connectivity index (χ2n) is 15.8. The quantitative estimate of drug-likeness (QED) is 0.126. The maximum absolute atomic E-state index is 14.2. The third-order valence-electron chi connectivity index (χ3n) is 11.5. The van der Waals surface area contributed by atoms with Gasteiger partial charge in [0.1, 0.15) is 5.75 Å². The molecule has 2 aliphatic heterocycles. The van der Waals surface area contributed by atoms with Crippen LogP contribution in [0.15, 0.2) is 29.2 Å². The van der Waals surface area contributed by atoms with Gasteiger partial charge in [-0.15, -0.1) is 0 Å². The van der Waals surface area contributed by atoms with E-state index in [-0.39, 0.29) is 0 Å². The fourth-order valence-electron chi connectivity index (χ4n) is 9.73. The zero-order valence-electron chi connectivity index (χ0n) is 31.5. The summed E-state index contributed by atoms with van der Waals surface area (Å²) in [6, 6.07) is 7.24. The second-order valence-corrected chi connectivity index (χ2v) is 29.0. The molecule has 2 aromatic carbocycles. The van der Waals surface area contributed by atoms with E-state index in [0.29, 0.717) is 70.9 Å². The molecule has 0 aliphatic carbocycles. The lowest BCUT2D eigenvalue weighted by molar-refractivity contribution is 0.286. The van der Waals surface area contributed by atoms with Crippen LogP contribution in [0.4, 0.5) is 0 Å². The lowest BCUT2D eigenvalue weighted by atomic mass is 9.96. The Morgan fingerprint density at radius 3 is 1.83 bits per heavy atom. The van der Waals surface area contributed by atoms with Crippen LogP contribution in [0.25, 0.3) is 0 Å². The van der Waals surface area contributed by atoms with Crippen LogP contribution >= 0.6 is 0 Å². The van der Waals surface area contributed by atoms with Gasteiger partial charge < -0.3 is 9.16 Å². The molecular formula is C39H61NO4SSi2. The van der Waals surface area contributed by atoms with Crippen molar-refractivity contribution in [3.8, 4) is 17.6 Å². The minimum Gasteiger partial charge on any atom is -0.493 e. The van der Waals surface area contributed by atoms with Crippen LogP contribution in [0.2, 0.25) is 33.2 Å². The first-order valence-electron chi connectivity index (χ1n) is 18.0. The highest BCUT2D eigenvalue weighted by molar-refractivity contribution is 7.89. The van der Waals surface area contributed by atoms with E-state index < -0.39 is 26.4 Å². The average molecular weight is 696 g/mol. The Morgan fingerprint density at radius 2 is 1.32 bits per heavy atom. The minimum atomic E-state index is -3.70. The van der Waals surface area contributed by atoms with Gasteiger partial charge in [0.2, 0.25) is 10.0 Å². The first-order valence-corrected chi connectivity index (χ1v) is 23.8. The van der Waals surface area contributed by atoms with Gasteiger partial charge in [-0.25, -0.2) is 8.42 Å². The highest BCUT2D eigenvalue weighted by Crippen LogP contribution is 2.48. The molecule has 0 saturated carbocycles. The zero-order chi connectivity index (χ0) is 35.1. The molecule has 0 N–H and O–H groups in total. The molecule has 0 amide bonds. The summed E-state index contributed by atoms with van der Waals surface area (Å²) in [4.78, 5) is 0.347. The molecule has 2 aliphatic rings. The maximum atomic E-state index is 14.2. The summed E-state index contributed by atoms with van der Waals surface area (Å²) < 4.78 is 43.4. The van der Waals surface area contributed by atoms with Crippen molar-refractivity contribution in [1.82, 2.24) is 4.31 Å². The van der Waals surface area contributed by atoms with Crippen molar-refractivity contribution in [2.45, 2.75) is 154 Å². The Balaban J connectivity index is 1.86. The lowest BCUT2D eigenvalue weighted by Gasteiger charge is -2.45. The predicted molar refractivity (Wildman–Crippen MR) is 202 cm³/mol. The summed E-state index contributed by atoms with van der Waals surface area (Å²) in [5.41, 5.74) is 8.46. The SMILES string of the molecule is Cc1ccc(S(=O)(=O)N2Cc3c(C#CCCO[Si](C(C)C)(C(C)C)C(C)C)c4c(c([Si](C(C)C)(C(C)C)C(C)C)c3C2)OCC4)cc1. The van der Waals surface area contributed by atoms with E-state index in [0.717, 1.165) is 34.4 Å². The normalized spacial score (nSPS) is 15.6. The van der Waals surface area contributed by atoms with Crippen LogP contribution in [0.5, 0.6) is 5.75 Å². The van der Waals surface area contributed by atoms with Gasteiger partial charge in [-0.3, -0.25) is 0 Å². The summed E-state index contributed by atoms with van der Waals surface area (Å²) in [5, 5.41) is 1.36. The van der Waals surface area contributed by atoms with Crippen LogP contribution < -0.4 is 9.92 Å². The Labute approximate surface area is 289 Å². The van der Waals surface area contributed by atoms with Gasteiger partial charge >= 0.3 is 0 Å². The van der Waals surface area contributed by atoms with E-state index in [1.54, 1.807) is 16.4 Å². The smallest absolute Gasteiger partial charge is 0.243 e. The standard InChI is InChI=1S/C39H61NO4SSi2/c1-26(2)46(27(3)4,28(5)6)39-37-25-40(45(41,42)33-19-17-32(13)18-20-33)24-36(37)34(35-21-23-43-38(35)39)16-14-15-22-44-47(29(7)8,30(9)10)31(11)12/h17-20,26-31H,15,21-25H2,1-13H3. The monoisotopic (exact) mass is 695 g/mol. The lowest BCUT2D eigenvalue weighted by Crippen LogP contribution is -2.57. The highest BCUT2D eigenvalue weighted by Gasteiger charge is 2.51. The number of hydrogen-bond acceptors (Lipinski definition) is 4. The fourth-order valence-corrected chi connectivity index (χ4v) is 23.7. The number of sulfonamides is 1. The summed E-state index contributed by atoms with van der Waals surface area (Å²) in [5.74, 6) is 8.13. The van der Waals surface area contributed by atoms with Gasteiger partial charge in [0, 0.05) is 43.7 Å². The van der Waals surface area contributed by atoms with Gasteiger partial charge in [-0.2, -0.15) is 4.31 Å². The number of ether oxygens (including phenoxy) is 1. The summed E-state index contributed by atoms with van der Waals surface area (Å²) in [7, 11) is -7.90. The van der Waals surface area contributed by atoms with Crippen molar-refractivity contribution >= 4 is 31.6 Å². The largest absolute Gasteiger partial charge is 0.493 e. The van der Waals surface area contributed by atoms with Crippen LogP contribution in [0.1, 0.15) is 117 Å². The molecule has 0 spiro atoms. The summed E-state index contributed by atoms with van der Waals surface area (Å²) >= 11 is 0. The maximum Gasteiger partial charge on any atom is 0.243 e. The van der Waals surface area contributed by atoms with E-state index in [1.165, 1.54) is 10.8 Å². The molecule has 0 aromatic heterocycles.